The molecule has 1 unspecified atom stereocenters. The maximum atomic E-state index is 11.5. The number of carboxylic acid groups (broad SMARTS) is 1. The summed E-state index contributed by atoms with van der Waals surface area (Å²) >= 11 is 0. The molecule has 0 aliphatic carbocycles. The van der Waals surface area contributed by atoms with E-state index in [2.05, 4.69) is 27.5 Å². The van der Waals surface area contributed by atoms with E-state index in [9.17, 15) is 9.59 Å². The Labute approximate surface area is 110 Å². The Morgan fingerprint density at radius 3 is 3.00 bits per heavy atom. The number of carbonyl (C=O) groups excluding carboxylic acids is 1. The first kappa shape index (κ1) is 14.7. The normalized spacial score (nSPS) is 11.6. The van der Waals surface area contributed by atoms with Gasteiger partial charge in [-0.05, 0) is 13.3 Å². The number of aromatic nitrogens is 3. The van der Waals surface area contributed by atoms with Crippen molar-refractivity contribution in [1.29, 1.82) is 0 Å². The summed E-state index contributed by atoms with van der Waals surface area (Å²) < 4.78 is 1.19. The van der Waals surface area contributed by atoms with Crippen LogP contribution in [0.4, 0.5) is 4.79 Å². The van der Waals surface area contributed by atoms with Crippen LogP contribution in [0.25, 0.3) is 0 Å². The number of nitrogens with zero attached hydrogens (tertiary/aromatic N) is 3. The predicted molar refractivity (Wildman–Crippen MR) is 67.3 cm³/mol. The molecule has 1 heterocycles. The minimum atomic E-state index is -1.000. The Morgan fingerprint density at radius 2 is 2.37 bits per heavy atom. The van der Waals surface area contributed by atoms with Crippen LogP contribution in [-0.2, 0) is 17.9 Å². The first-order valence-corrected chi connectivity index (χ1v) is 5.77. The van der Waals surface area contributed by atoms with Gasteiger partial charge in [-0.15, -0.1) is 11.7 Å². The van der Waals surface area contributed by atoms with E-state index >= 15 is 0 Å². The third kappa shape index (κ3) is 5.66. The van der Waals surface area contributed by atoms with E-state index < -0.39 is 5.97 Å². The Kier molecular flexibility index (Phi) is 5.52. The van der Waals surface area contributed by atoms with Crippen molar-refractivity contribution in [2.45, 2.75) is 32.5 Å². The second kappa shape index (κ2) is 7.14. The molecular weight excluding hydrogens is 250 g/mol. The van der Waals surface area contributed by atoms with Gasteiger partial charge in [-0.2, -0.15) is 0 Å². The van der Waals surface area contributed by atoms with Crippen molar-refractivity contribution >= 4 is 12.0 Å². The fourth-order valence-corrected chi connectivity index (χ4v) is 1.39. The Morgan fingerprint density at radius 1 is 1.63 bits per heavy atom. The lowest BCUT2D eigenvalue weighted by Gasteiger charge is -2.11. The van der Waals surface area contributed by atoms with Crippen LogP contribution in [0.3, 0.4) is 0 Å². The second-order valence-corrected chi connectivity index (χ2v) is 4.05. The summed E-state index contributed by atoms with van der Waals surface area (Å²) in [5.41, 5.74) is 0.493. The van der Waals surface area contributed by atoms with E-state index in [1.54, 1.807) is 6.08 Å². The van der Waals surface area contributed by atoms with Crippen LogP contribution in [0.2, 0.25) is 0 Å². The molecule has 0 aliphatic heterocycles. The first-order chi connectivity index (χ1) is 9.01. The monoisotopic (exact) mass is 267 g/mol. The number of carbonyl (C=O) groups is 2. The Balaban J connectivity index is 2.35. The zero-order valence-electron chi connectivity index (χ0n) is 10.7. The molecule has 3 N–H and O–H groups in total. The maximum absolute atomic E-state index is 11.5. The highest BCUT2D eigenvalue weighted by Gasteiger charge is 2.07. The van der Waals surface area contributed by atoms with Gasteiger partial charge >= 0.3 is 12.0 Å². The van der Waals surface area contributed by atoms with Gasteiger partial charge in [0.05, 0.1) is 12.7 Å². The van der Waals surface area contributed by atoms with Gasteiger partial charge in [0.25, 0.3) is 0 Å². The quantitative estimate of drug-likeness (QED) is 0.608. The zero-order valence-corrected chi connectivity index (χ0v) is 10.7. The summed E-state index contributed by atoms with van der Waals surface area (Å²) in [6.07, 6.45) is 3.88. The van der Waals surface area contributed by atoms with Crippen molar-refractivity contribution < 1.29 is 14.7 Å². The second-order valence-electron chi connectivity index (χ2n) is 4.05. The number of rotatable bonds is 7. The summed E-state index contributed by atoms with van der Waals surface area (Å²) in [7, 11) is 0. The fraction of sp³-hybridized carbons (Fsp3) is 0.455. The van der Waals surface area contributed by atoms with Gasteiger partial charge in [0.2, 0.25) is 0 Å². The lowest BCUT2D eigenvalue weighted by atomic mass is 10.2. The minimum Gasteiger partial charge on any atom is -0.480 e. The molecule has 19 heavy (non-hydrogen) atoms. The summed E-state index contributed by atoms with van der Waals surface area (Å²) in [4.78, 5) is 21.9. The zero-order chi connectivity index (χ0) is 14.3. The van der Waals surface area contributed by atoms with Crippen LogP contribution in [0.5, 0.6) is 0 Å². The topological polar surface area (TPSA) is 109 Å². The molecule has 1 aromatic heterocycles. The molecule has 8 heteroatoms. The molecule has 0 spiro atoms. The molecule has 0 aromatic carbocycles. The molecule has 2 amide bonds. The SMILES string of the molecule is C=CCC(C)NC(=O)NCc1cn(CC(=O)O)nn1. The molecule has 1 aromatic rings. The highest BCUT2D eigenvalue weighted by atomic mass is 16.4. The van der Waals surface area contributed by atoms with Crippen molar-refractivity contribution in [2.75, 3.05) is 0 Å². The van der Waals surface area contributed by atoms with Crippen molar-refractivity contribution in [1.82, 2.24) is 25.6 Å². The van der Waals surface area contributed by atoms with Crippen LogP contribution in [0.15, 0.2) is 18.9 Å². The van der Waals surface area contributed by atoms with Crippen molar-refractivity contribution in [3.8, 4) is 0 Å². The Hall–Kier alpha value is -2.38. The van der Waals surface area contributed by atoms with E-state index in [0.717, 1.165) is 0 Å². The third-order valence-corrected chi connectivity index (χ3v) is 2.21. The number of urea groups is 1. The van der Waals surface area contributed by atoms with Crippen LogP contribution >= 0.6 is 0 Å². The van der Waals surface area contributed by atoms with E-state index in [-0.39, 0.29) is 25.2 Å². The summed E-state index contributed by atoms with van der Waals surface area (Å²) in [5, 5.41) is 21.3. The first-order valence-electron chi connectivity index (χ1n) is 5.77. The van der Waals surface area contributed by atoms with E-state index in [1.165, 1.54) is 10.9 Å². The molecule has 0 bridgehead atoms. The van der Waals surface area contributed by atoms with E-state index in [4.69, 9.17) is 5.11 Å². The van der Waals surface area contributed by atoms with Gasteiger partial charge in [-0.1, -0.05) is 11.3 Å². The van der Waals surface area contributed by atoms with Gasteiger partial charge in [-0.25, -0.2) is 9.48 Å². The smallest absolute Gasteiger partial charge is 0.325 e. The molecule has 0 radical (unpaired) electrons. The van der Waals surface area contributed by atoms with Crippen molar-refractivity contribution in [2.24, 2.45) is 0 Å². The lowest BCUT2D eigenvalue weighted by molar-refractivity contribution is -0.137. The summed E-state index contributed by atoms with van der Waals surface area (Å²) in [5.74, 6) is -1.000. The average molecular weight is 267 g/mol. The highest BCUT2D eigenvalue weighted by Crippen LogP contribution is 1.94. The third-order valence-electron chi connectivity index (χ3n) is 2.21. The van der Waals surface area contributed by atoms with Crippen LogP contribution in [-0.4, -0.2) is 38.1 Å². The average Bonchev–Trinajstić information content (AvgIpc) is 2.73. The molecule has 0 fully saturated rings. The summed E-state index contributed by atoms with van der Waals surface area (Å²) in [6, 6.07) is -0.317. The number of nitrogens with one attached hydrogen (secondary N) is 2. The molecule has 1 rings (SSSR count). The predicted octanol–water partition coefficient (Wildman–Crippen LogP) is 0.127. The van der Waals surface area contributed by atoms with E-state index in [1.807, 2.05) is 6.92 Å². The molecule has 0 saturated heterocycles. The molecule has 0 aliphatic rings. The number of hydrogen-bond acceptors (Lipinski definition) is 4. The largest absolute Gasteiger partial charge is 0.480 e. The number of amides is 2. The van der Waals surface area contributed by atoms with Gasteiger partial charge in [-0.3, -0.25) is 4.79 Å². The van der Waals surface area contributed by atoms with Gasteiger partial charge in [0, 0.05) is 6.04 Å². The number of carboxylic acids is 1. The molecule has 104 valence electrons. The van der Waals surface area contributed by atoms with Crippen LogP contribution < -0.4 is 10.6 Å². The highest BCUT2D eigenvalue weighted by molar-refractivity contribution is 5.74. The molecule has 8 nitrogen and oxygen atoms in total. The van der Waals surface area contributed by atoms with Gasteiger partial charge in [0.15, 0.2) is 0 Å². The Bertz CT molecular complexity index is 457. The molecule has 0 saturated carbocycles. The van der Waals surface area contributed by atoms with Crippen molar-refractivity contribution in [3.05, 3.63) is 24.5 Å². The minimum absolute atomic E-state index is 0.000179. The number of aliphatic carboxylic acids is 1. The van der Waals surface area contributed by atoms with Crippen LogP contribution in [0, 0.1) is 0 Å². The molecular formula is C11H17N5O3. The van der Waals surface area contributed by atoms with Gasteiger partial charge < -0.3 is 15.7 Å². The molecule has 1 atom stereocenters. The maximum Gasteiger partial charge on any atom is 0.325 e. The standard InChI is InChI=1S/C11H17N5O3/c1-3-4-8(2)13-11(19)12-5-9-6-16(15-14-9)7-10(17)18/h3,6,8H,1,4-5,7H2,2H3,(H,17,18)(H2,12,13,19). The van der Waals surface area contributed by atoms with E-state index in [0.29, 0.717) is 12.1 Å². The summed E-state index contributed by atoms with van der Waals surface area (Å²) in [6.45, 7) is 5.39. The van der Waals surface area contributed by atoms with Gasteiger partial charge in [0.1, 0.15) is 12.2 Å². The van der Waals surface area contributed by atoms with Crippen molar-refractivity contribution in [3.63, 3.8) is 0 Å². The van der Waals surface area contributed by atoms with Crippen LogP contribution in [0.1, 0.15) is 19.0 Å². The lowest BCUT2D eigenvalue weighted by Crippen LogP contribution is -2.40. The number of hydrogen-bond donors (Lipinski definition) is 3. The fourth-order valence-electron chi connectivity index (χ4n) is 1.39.